The van der Waals surface area contributed by atoms with Crippen LogP contribution in [-0.2, 0) is 30.5 Å². The third-order valence-electron chi connectivity index (χ3n) is 6.05. The molecule has 1 fully saturated rings. The van der Waals surface area contributed by atoms with Crippen LogP contribution in [0.25, 0.3) is 0 Å². The van der Waals surface area contributed by atoms with E-state index in [0.717, 1.165) is 5.56 Å². The summed E-state index contributed by atoms with van der Waals surface area (Å²) >= 11 is 0. The molecule has 5 amide bonds. The van der Waals surface area contributed by atoms with Crippen LogP contribution in [0.5, 0.6) is 5.75 Å². The highest BCUT2D eigenvalue weighted by Crippen LogP contribution is 2.14. The van der Waals surface area contributed by atoms with Gasteiger partial charge >= 0.3 is 0 Å². The van der Waals surface area contributed by atoms with Crippen molar-refractivity contribution in [3.8, 4) is 5.75 Å². The summed E-state index contributed by atoms with van der Waals surface area (Å²) in [4.78, 5) is 66.3. The minimum absolute atomic E-state index is 0.00237. The first-order chi connectivity index (χ1) is 17.1. The summed E-state index contributed by atoms with van der Waals surface area (Å²) in [6, 6.07) is 6.07. The van der Waals surface area contributed by atoms with Gasteiger partial charge in [-0.25, -0.2) is 0 Å². The van der Waals surface area contributed by atoms with Crippen molar-refractivity contribution in [2.24, 2.45) is 0 Å². The molecule has 36 heavy (non-hydrogen) atoms. The first kappa shape index (κ1) is 28.6. The van der Waals surface area contributed by atoms with E-state index in [-0.39, 0.29) is 69.3 Å². The van der Waals surface area contributed by atoms with E-state index >= 15 is 0 Å². The number of hydrogen-bond acceptors (Lipinski definition) is 6. The van der Waals surface area contributed by atoms with Crippen molar-refractivity contribution in [3.05, 3.63) is 29.8 Å². The van der Waals surface area contributed by atoms with Gasteiger partial charge in [0.15, 0.2) is 0 Å². The van der Waals surface area contributed by atoms with Gasteiger partial charge in [-0.2, -0.15) is 0 Å². The fourth-order valence-corrected chi connectivity index (χ4v) is 3.66. The number of nitrogens with one attached hydrogen (secondary N) is 3. The van der Waals surface area contributed by atoms with Gasteiger partial charge in [0, 0.05) is 38.5 Å². The van der Waals surface area contributed by atoms with E-state index in [9.17, 15) is 24.0 Å². The molecule has 1 aromatic carbocycles. The Bertz CT molecular complexity index is 935. The van der Waals surface area contributed by atoms with Crippen molar-refractivity contribution in [1.82, 2.24) is 25.8 Å². The molecular formula is C25H37N5O6. The van der Waals surface area contributed by atoms with Crippen LogP contribution in [0.15, 0.2) is 24.3 Å². The lowest BCUT2D eigenvalue weighted by molar-refractivity contribution is -0.144. The van der Waals surface area contributed by atoms with Crippen molar-refractivity contribution in [3.63, 3.8) is 0 Å². The number of ether oxygens (including phenoxy) is 1. The molecule has 0 radical (unpaired) electrons. The zero-order chi connectivity index (χ0) is 26.7. The van der Waals surface area contributed by atoms with Crippen molar-refractivity contribution >= 4 is 29.5 Å². The second-order valence-electron chi connectivity index (χ2n) is 8.81. The maximum atomic E-state index is 13.3. The molecule has 3 N–H and O–H groups in total. The van der Waals surface area contributed by atoms with Gasteiger partial charge in [0.1, 0.15) is 18.3 Å². The standard InChI is InChI=1S/C25H37N5O6/c1-5-17(2)30-15-22(32)28-18(3)25(35)27-12-10-21(31)26-13-11-23(33)29(16-24(30)34)14-19-6-8-20(36-4)9-7-19/h6-9,17-18H,5,10-16H2,1-4H3,(H,26,31)(H,27,35)(H,28,32)/t17?,18-/m0/s1. The first-order valence-electron chi connectivity index (χ1n) is 12.2. The summed E-state index contributed by atoms with van der Waals surface area (Å²) in [6.07, 6.45) is 0.645. The van der Waals surface area contributed by atoms with Gasteiger partial charge in [0.05, 0.1) is 13.7 Å². The summed E-state index contributed by atoms with van der Waals surface area (Å²) in [6.45, 7) is 5.17. The molecular weight excluding hydrogens is 466 g/mol. The molecule has 0 aromatic heterocycles. The summed E-state index contributed by atoms with van der Waals surface area (Å²) in [5, 5.41) is 7.87. The van der Waals surface area contributed by atoms with E-state index in [2.05, 4.69) is 16.0 Å². The molecule has 1 aliphatic rings. The van der Waals surface area contributed by atoms with Gasteiger partial charge < -0.3 is 30.5 Å². The Morgan fingerprint density at radius 3 is 2.25 bits per heavy atom. The minimum atomic E-state index is -0.835. The minimum Gasteiger partial charge on any atom is -0.497 e. The van der Waals surface area contributed by atoms with Crippen molar-refractivity contribution in [1.29, 1.82) is 0 Å². The molecule has 198 valence electrons. The summed E-state index contributed by atoms with van der Waals surface area (Å²) in [7, 11) is 1.56. The predicted molar refractivity (Wildman–Crippen MR) is 133 cm³/mol. The van der Waals surface area contributed by atoms with Crippen molar-refractivity contribution < 1.29 is 28.7 Å². The Balaban J connectivity index is 2.28. The number of carbonyl (C=O) groups excluding carboxylic acids is 5. The molecule has 1 aliphatic heterocycles. The lowest BCUT2D eigenvalue weighted by atomic mass is 10.1. The maximum Gasteiger partial charge on any atom is 0.242 e. The van der Waals surface area contributed by atoms with E-state index in [4.69, 9.17) is 4.74 Å². The topological polar surface area (TPSA) is 137 Å². The molecule has 11 nitrogen and oxygen atoms in total. The van der Waals surface area contributed by atoms with Crippen LogP contribution in [-0.4, -0.2) is 84.7 Å². The Morgan fingerprint density at radius 2 is 1.61 bits per heavy atom. The Hall–Kier alpha value is -3.63. The van der Waals surface area contributed by atoms with E-state index < -0.39 is 17.9 Å². The molecule has 0 spiro atoms. The van der Waals surface area contributed by atoms with Gasteiger partial charge in [0.25, 0.3) is 0 Å². The third kappa shape index (κ3) is 8.86. The highest BCUT2D eigenvalue weighted by atomic mass is 16.5. The zero-order valence-corrected chi connectivity index (χ0v) is 21.5. The molecule has 2 atom stereocenters. The molecule has 0 bridgehead atoms. The smallest absolute Gasteiger partial charge is 0.242 e. The number of benzene rings is 1. The van der Waals surface area contributed by atoms with Gasteiger partial charge in [-0.3, -0.25) is 24.0 Å². The quantitative estimate of drug-likeness (QED) is 0.524. The molecule has 1 unspecified atom stereocenters. The van der Waals surface area contributed by atoms with Gasteiger partial charge in [0.2, 0.25) is 29.5 Å². The van der Waals surface area contributed by atoms with Crippen LogP contribution >= 0.6 is 0 Å². The average Bonchev–Trinajstić information content (AvgIpc) is 2.86. The zero-order valence-electron chi connectivity index (χ0n) is 21.5. The molecule has 1 saturated heterocycles. The lowest BCUT2D eigenvalue weighted by Crippen LogP contribution is -2.52. The number of amides is 5. The number of hydrogen-bond donors (Lipinski definition) is 3. The van der Waals surface area contributed by atoms with Crippen LogP contribution < -0.4 is 20.7 Å². The number of methoxy groups -OCH3 is 1. The van der Waals surface area contributed by atoms with E-state index in [1.54, 1.807) is 19.2 Å². The second-order valence-corrected chi connectivity index (χ2v) is 8.81. The van der Waals surface area contributed by atoms with E-state index in [0.29, 0.717) is 12.2 Å². The first-order valence-corrected chi connectivity index (χ1v) is 12.2. The molecule has 2 rings (SSSR count). The largest absolute Gasteiger partial charge is 0.497 e. The van der Waals surface area contributed by atoms with Crippen molar-refractivity contribution in [2.75, 3.05) is 33.3 Å². The third-order valence-corrected chi connectivity index (χ3v) is 6.05. The summed E-state index contributed by atoms with van der Waals surface area (Å²) < 4.78 is 5.18. The summed E-state index contributed by atoms with van der Waals surface area (Å²) in [5.74, 6) is -1.25. The Kier molecular flexibility index (Phi) is 11.2. The molecule has 0 aliphatic carbocycles. The van der Waals surface area contributed by atoms with Crippen LogP contribution in [0.1, 0.15) is 45.6 Å². The molecule has 11 heteroatoms. The maximum absolute atomic E-state index is 13.3. The van der Waals surface area contributed by atoms with Gasteiger partial charge in [-0.05, 0) is 38.0 Å². The monoisotopic (exact) mass is 503 g/mol. The van der Waals surface area contributed by atoms with E-state index in [1.165, 1.54) is 16.7 Å². The van der Waals surface area contributed by atoms with E-state index in [1.807, 2.05) is 26.0 Å². The average molecular weight is 504 g/mol. The van der Waals surface area contributed by atoms with Crippen molar-refractivity contribution in [2.45, 2.75) is 58.7 Å². The number of nitrogens with zero attached hydrogens (tertiary/aromatic N) is 2. The van der Waals surface area contributed by atoms with Gasteiger partial charge in [-0.15, -0.1) is 0 Å². The summed E-state index contributed by atoms with van der Waals surface area (Å²) in [5.41, 5.74) is 0.804. The molecule has 0 saturated carbocycles. The SMILES string of the molecule is CCC(C)N1CC(=O)N[C@@H](C)C(=O)NCCC(=O)NCCC(=O)N(Cc2ccc(OC)cc2)CC1=O. The number of carbonyl (C=O) groups is 5. The fraction of sp³-hybridized carbons (Fsp3) is 0.560. The Morgan fingerprint density at radius 1 is 0.944 bits per heavy atom. The second kappa shape index (κ2) is 14.1. The van der Waals surface area contributed by atoms with Crippen LogP contribution in [0, 0.1) is 0 Å². The molecule has 1 aromatic rings. The van der Waals surface area contributed by atoms with Gasteiger partial charge in [-0.1, -0.05) is 19.1 Å². The van der Waals surface area contributed by atoms with Crippen LogP contribution in [0.3, 0.4) is 0 Å². The van der Waals surface area contributed by atoms with Crippen LogP contribution in [0.2, 0.25) is 0 Å². The highest BCUT2D eigenvalue weighted by Gasteiger charge is 2.27. The lowest BCUT2D eigenvalue weighted by Gasteiger charge is -2.31. The van der Waals surface area contributed by atoms with Crippen LogP contribution in [0.4, 0.5) is 0 Å². The normalized spacial score (nSPS) is 20.2. The molecule has 1 heterocycles. The highest BCUT2D eigenvalue weighted by molar-refractivity contribution is 5.91. The Labute approximate surface area is 211 Å². The predicted octanol–water partition coefficient (Wildman–Crippen LogP) is 0.182. The number of rotatable bonds is 5. The fourth-order valence-electron chi connectivity index (χ4n) is 3.66.